The van der Waals surface area contributed by atoms with Gasteiger partial charge in [0.05, 0.1) is 32.5 Å². The van der Waals surface area contributed by atoms with Crippen LogP contribution in [0.15, 0.2) is 11.6 Å². The second-order valence-corrected chi connectivity index (χ2v) is 11.7. The number of allylic oxidation sites excluding steroid dienone is 1. The van der Waals surface area contributed by atoms with Crippen LogP contribution in [0.3, 0.4) is 0 Å². The van der Waals surface area contributed by atoms with E-state index in [-0.39, 0.29) is 32.2 Å². The highest BCUT2D eigenvalue weighted by Gasteiger charge is 2.56. The summed E-state index contributed by atoms with van der Waals surface area (Å²) in [4.78, 5) is 32.9. The molecule has 5 rings (SSSR count). The smallest absolute Gasteiger partial charge is 0.309 e. The number of carboxylic acids is 1. The third kappa shape index (κ3) is 10.4. The molecule has 0 heterocycles. The summed E-state index contributed by atoms with van der Waals surface area (Å²) in [5.74, 6) is 0.963. The van der Waals surface area contributed by atoms with Crippen molar-refractivity contribution in [3.8, 4) is 0 Å². The van der Waals surface area contributed by atoms with Crippen molar-refractivity contribution in [2.24, 2.45) is 22.7 Å². The first kappa shape index (κ1) is 34.2. The lowest BCUT2D eigenvalue weighted by Gasteiger charge is -2.20. The molecule has 0 aromatic heterocycles. The summed E-state index contributed by atoms with van der Waals surface area (Å²) in [7, 11) is 0. The van der Waals surface area contributed by atoms with Crippen LogP contribution in [0.25, 0.3) is 0 Å². The van der Waals surface area contributed by atoms with Crippen LogP contribution in [0, 0.1) is 22.7 Å². The molecule has 6 nitrogen and oxygen atoms in total. The van der Waals surface area contributed by atoms with Gasteiger partial charge in [-0.05, 0) is 101 Å². The minimum absolute atomic E-state index is 0. The molecule has 0 spiro atoms. The molecule has 0 aromatic rings. The van der Waals surface area contributed by atoms with Crippen molar-refractivity contribution < 1.29 is 29.0 Å². The lowest BCUT2D eigenvalue weighted by Crippen LogP contribution is -2.16. The van der Waals surface area contributed by atoms with Crippen molar-refractivity contribution >= 4 is 17.9 Å². The second kappa shape index (κ2) is 16.3. The average Bonchev–Trinajstić information content (AvgIpc) is 3.73. The number of esters is 2. The molecule has 1 N–H and O–H groups in total. The minimum Gasteiger partial charge on any atom is -0.481 e. The number of aliphatic carboxylic acids is 1. The lowest BCUT2D eigenvalue weighted by molar-refractivity contribution is -0.145. The maximum absolute atomic E-state index is 11.3. The molecular weight excluding hydrogens is 480 g/mol. The molecular formula is C32H56O6. The van der Waals surface area contributed by atoms with E-state index < -0.39 is 5.97 Å². The number of carbonyl (C=O) groups excluding carboxylic acids is 2. The Kier molecular flexibility index (Phi) is 14.7. The van der Waals surface area contributed by atoms with Crippen molar-refractivity contribution in [2.45, 2.75) is 138 Å². The Morgan fingerprint density at radius 1 is 0.816 bits per heavy atom. The van der Waals surface area contributed by atoms with Gasteiger partial charge >= 0.3 is 17.9 Å². The molecule has 5 aliphatic carbocycles. The Labute approximate surface area is 232 Å². The summed E-state index contributed by atoms with van der Waals surface area (Å²) in [5.41, 5.74) is 1.92. The number of hydrogen-bond acceptors (Lipinski definition) is 5. The predicted octanol–water partition coefficient (Wildman–Crippen LogP) is 8.27. The molecule has 0 aliphatic heterocycles. The fraction of sp³-hybridized carbons (Fsp3) is 0.844. The van der Waals surface area contributed by atoms with E-state index in [0.29, 0.717) is 37.9 Å². The first-order valence-corrected chi connectivity index (χ1v) is 14.5. The molecule has 38 heavy (non-hydrogen) atoms. The van der Waals surface area contributed by atoms with Crippen LogP contribution in [0.1, 0.15) is 138 Å². The summed E-state index contributed by atoms with van der Waals surface area (Å²) in [6.07, 6.45) is 21.3. The topological polar surface area (TPSA) is 89.9 Å². The number of hydrogen-bond donors (Lipinski definition) is 1. The Morgan fingerprint density at radius 2 is 1.37 bits per heavy atom. The van der Waals surface area contributed by atoms with Gasteiger partial charge in [-0.25, -0.2) is 0 Å². The van der Waals surface area contributed by atoms with Gasteiger partial charge in [-0.2, -0.15) is 0 Å². The number of carboxylic acid groups (broad SMARTS) is 1. The van der Waals surface area contributed by atoms with Crippen molar-refractivity contribution in [1.29, 1.82) is 0 Å². The number of rotatable bonds is 8. The van der Waals surface area contributed by atoms with Crippen LogP contribution >= 0.6 is 0 Å². The monoisotopic (exact) mass is 536 g/mol. The quantitative estimate of drug-likeness (QED) is 0.248. The first-order valence-electron chi connectivity index (χ1n) is 14.5. The Balaban J connectivity index is 0.000000279. The zero-order valence-electron chi connectivity index (χ0n) is 22.7. The third-order valence-electron chi connectivity index (χ3n) is 9.04. The third-order valence-corrected chi connectivity index (χ3v) is 9.04. The predicted molar refractivity (Wildman–Crippen MR) is 153 cm³/mol. The van der Waals surface area contributed by atoms with Crippen LogP contribution in [0.2, 0.25) is 0 Å². The molecule has 0 saturated heterocycles. The van der Waals surface area contributed by atoms with E-state index in [4.69, 9.17) is 14.6 Å². The number of carbonyl (C=O) groups is 3. The summed E-state index contributed by atoms with van der Waals surface area (Å²) in [6.45, 7) is 4.74. The van der Waals surface area contributed by atoms with Crippen molar-refractivity contribution in [3.63, 3.8) is 0 Å². The van der Waals surface area contributed by atoms with E-state index in [9.17, 15) is 14.4 Å². The SMILES string of the molecule is C.C.CCOC(=O)CC12CCCCC1C2.CCOC(=O)CC1=CCCCC1.O=C(O)CC12CCCCC1C2. The van der Waals surface area contributed by atoms with Crippen LogP contribution in [0.5, 0.6) is 0 Å². The molecule has 0 bridgehead atoms. The highest BCUT2D eigenvalue weighted by Crippen LogP contribution is 2.64. The van der Waals surface area contributed by atoms with Crippen molar-refractivity contribution in [2.75, 3.05) is 13.2 Å². The van der Waals surface area contributed by atoms with Gasteiger partial charge in [-0.15, -0.1) is 0 Å². The molecule has 6 heteroatoms. The maximum Gasteiger partial charge on any atom is 0.309 e. The van der Waals surface area contributed by atoms with Gasteiger partial charge in [0.15, 0.2) is 0 Å². The van der Waals surface area contributed by atoms with E-state index >= 15 is 0 Å². The second-order valence-electron chi connectivity index (χ2n) is 11.7. The Hall–Kier alpha value is -1.85. The van der Waals surface area contributed by atoms with Crippen molar-refractivity contribution in [3.05, 3.63) is 11.6 Å². The van der Waals surface area contributed by atoms with Crippen LogP contribution < -0.4 is 0 Å². The summed E-state index contributed by atoms with van der Waals surface area (Å²) in [5, 5.41) is 8.66. The highest BCUT2D eigenvalue weighted by molar-refractivity contribution is 5.72. The molecule has 0 radical (unpaired) electrons. The lowest BCUT2D eigenvalue weighted by atomic mass is 9.86. The summed E-state index contributed by atoms with van der Waals surface area (Å²) < 4.78 is 9.86. The zero-order valence-corrected chi connectivity index (χ0v) is 22.7. The molecule has 4 atom stereocenters. The van der Waals surface area contributed by atoms with E-state index in [2.05, 4.69) is 6.08 Å². The molecule has 4 unspecified atom stereocenters. The number of ether oxygens (including phenoxy) is 2. The average molecular weight is 537 g/mol. The fourth-order valence-corrected chi connectivity index (χ4v) is 6.90. The normalized spacial score (nSPS) is 29.8. The number of fused-ring (bicyclic) bond motifs is 2. The van der Waals surface area contributed by atoms with Gasteiger partial charge < -0.3 is 14.6 Å². The van der Waals surface area contributed by atoms with E-state index in [1.54, 1.807) is 0 Å². The van der Waals surface area contributed by atoms with Gasteiger partial charge in [-0.1, -0.05) is 52.2 Å². The Bertz CT molecular complexity index is 789. The van der Waals surface area contributed by atoms with E-state index in [0.717, 1.165) is 24.7 Å². The molecule has 4 fully saturated rings. The van der Waals surface area contributed by atoms with Crippen LogP contribution in [0.4, 0.5) is 0 Å². The fourth-order valence-electron chi connectivity index (χ4n) is 6.90. The first-order chi connectivity index (χ1) is 17.3. The molecule has 5 aliphatic rings. The standard InChI is InChI=1S/C11H18O2.C10H16O2.C9H14O2.2CH4/c1-2-13-10(12)8-11-6-4-3-5-9(11)7-11;1-2-12-10(11)8-9-6-4-3-5-7-9;10-8(11)6-9-4-2-1-3-7(9)5-9;;/h9H,2-8H2,1H3;6H,2-5,7-8H2,1H3;7H,1-6H2,(H,10,11);2*1H4. The molecule has 4 saturated carbocycles. The van der Waals surface area contributed by atoms with Gasteiger partial charge in [0.25, 0.3) is 0 Å². The highest BCUT2D eigenvalue weighted by atomic mass is 16.5. The molecule has 220 valence electrons. The van der Waals surface area contributed by atoms with Gasteiger partial charge in [0.2, 0.25) is 0 Å². The van der Waals surface area contributed by atoms with Crippen molar-refractivity contribution in [1.82, 2.24) is 0 Å². The van der Waals surface area contributed by atoms with E-state index in [1.807, 2.05) is 13.8 Å². The largest absolute Gasteiger partial charge is 0.481 e. The minimum atomic E-state index is -0.602. The van der Waals surface area contributed by atoms with E-state index in [1.165, 1.54) is 82.6 Å². The molecule has 0 amide bonds. The Morgan fingerprint density at radius 3 is 1.84 bits per heavy atom. The zero-order chi connectivity index (χ0) is 26.0. The maximum atomic E-state index is 11.3. The van der Waals surface area contributed by atoms with Crippen LogP contribution in [-0.4, -0.2) is 36.2 Å². The van der Waals surface area contributed by atoms with Gasteiger partial charge in [-0.3, -0.25) is 14.4 Å². The van der Waals surface area contributed by atoms with Gasteiger partial charge in [0, 0.05) is 0 Å². The molecule has 0 aromatic carbocycles. The summed E-state index contributed by atoms with van der Waals surface area (Å²) >= 11 is 0. The van der Waals surface area contributed by atoms with Gasteiger partial charge in [0.1, 0.15) is 0 Å². The van der Waals surface area contributed by atoms with Crippen LogP contribution in [-0.2, 0) is 23.9 Å². The summed E-state index contributed by atoms with van der Waals surface area (Å²) in [6, 6.07) is 0.